The lowest BCUT2D eigenvalue weighted by Gasteiger charge is -2.22. The van der Waals surface area contributed by atoms with Crippen LogP contribution in [0, 0.1) is 5.92 Å². The minimum atomic E-state index is 0.831. The van der Waals surface area contributed by atoms with Gasteiger partial charge in [0.05, 0.1) is 0 Å². The van der Waals surface area contributed by atoms with Gasteiger partial charge in [-0.05, 0) is 51.4 Å². The molecular weight excluding hydrogens is 200 g/mol. The third-order valence-electron chi connectivity index (χ3n) is 3.15. The number of hydrogen-bond acceptors (Lipinski definition) is 3. The molecule has 1 unspecified atom stereocenters. The summed E-state index contributed by atoms with van der Waals surface area (Å²) in [6.07, 6.45) is 8.61. The molecular formula is C12H22N4. The van der Waals surface area contributed by atoms with Gasteiger partial charge in [0.15, 0.2) is 0 Å². The zero-order valence-electron chi connectivity index (χ0n) is 9.84. The summed E-state index contributed by atoms with van der Waals surface area (Å²) < 4.78 is 0. The molecule has 1 atom stereocenters. The molecule has 3 N–H and O–H groups in total. The number of H-pyrrole nitrogens is 1. The largest absolute Gasteiger partial charge is 0.349 e. The summed E-state index contributed by atoms with van der Waals surface area (Å²) in [6.45, 7) is 4.64. The van der Waals surface area contributed by atoms with Crippen LogP contribution >= 0.6 is 0 Å². The van der Waals surface area contributed by atoms with E-state index >= 15 is 0 Å². The van der Waals surface area contributed by atoms with Gasteiger partial charge in [-0.25, -0.2) is 4.98 Å². The van der Waals surface area contributed by atoms with Crippen molar-refractivity contribution in [1.82, 2.24) is 20.6 Å². The Morgan fingerprint density at radius 3 is 3.25 bits per heavy atom. The van der Waals surface area contributed by atoms with E-state index in [1.165, 1.54) is 25.9 Å². The first kappa shape index (κ1) is 11.6. The Kier molecular flexibility index (Phi) is 4.83. The molecule has 2 heterocycles. The second-order valence-corrected chi connectivity index (χ2v) is 4.56. The maximum atomic E-state index is 4.21. The third kappa shape index (κ3) is 3.94. The van der Waals surface area contributed by atoms with E-state index in [1.54, 1.807) is 0 Å². The standard InChI is InChI=1S/C12H22N4/c1-3-11(9-13-5-1)10-14-6-2-4-12-15-7-8-16-12/h7-8,11,13-14H,1-6,9-10H2,(H,15,16). The predicted octanol–water partition coefficient (Wildman–Crippen LogP) is 0.931. The van der Waals surface area contributed by atoms with Gasteiger partial charge in [0.2, 0.25) is 0 Å². The molecule has 0 bridgehead atoms. The number of piperidine rings is 1. The van der Waals surface area contributed by atoms with Crippen molar-refractivity contribution >= 4 is 0 Å². The highest BCUT2D eigenvalue weighted by Crippen LogP contribution is 2.08. The van der Waals surface area contributed by atoms with Crippen molar-refractivity contribution in [2.75, 3.05) is 26.2 Å². The summed E-state index contributed by atoms with van der Waals surface area (Å²) >= 11 is 0. The number of aromatic amines is 1. The van der Waals surface area contributed by atoms with Crippen molar-refractivity contribution in [1.29, 1.82) is 0 Å². The van der Waals surface area contributed by atoms with Gasteiger partial charge in [-0.15, -0.1) is 0 Å². The number of imidazole rings is 1. The van der Waals surface area contributed by atoms with Crippen LogP contribution in [0.5, 0.6) is 0 Å². The van der Waals surface area contributed by atoms with E-state index in [2.05, 4.69) is 20.6 Å². The quantitative estimate of drug-likeness (QED) is 0.628. The fraction of sp³-hybridized carbons (Fsp3) is 0.750. The summed E-state index contributed by atoms with van der Waals surface area (Å²) in [5.74, 6) is 1.93. The molecule has 2 rings (SSSR count). The van der Waals surface area contributed by atoms with E-state index in [0.717, 1.165) is 37.7 Å². The van der Waals surface area contributed by atoms with Crippen LogP contribution in [0.2, 0.25) is 0 Å². The van der Waals surface area contributed by atoms with Crippen molar-refractivity contribution in [2.24, 2.45) is 5.92 Å². The van der Waals surface area contributed by atoms with E-state index in [1.807, 2.05) is 12.4 Å². The normalized spacial score (nSPS) is 21.1. The molecule has 0 radical (unpaired) electrons. The van der Waals surface area contributed by atoms with Gasteiger partial charge >= 0.3 is 0 Å². The van der Waals surface area contributed by atoms with E-state index in [9.17, 15) is 0 Å². The number of aryl methyl sites for hydroxylation is 1. The Morgan fingerprint density at radius 2 is 2.50 bits per heavy atom. The van der Waals surface area contributed by atoms with Gasteiger partial charge in [0, 0.05) is 18.8 Å². The lowest BCUT2D eigenvalue weighted by Crippen LogP contribution is -2.36. The van der Waals surface area contributed by atoms with Crippen LogP contribution in [0.4, 0.5) is 0 Å². The van der Waals surface area contributed by atoms with Crippen LogP contribution in [-0.4, -0.2) is 36.1 Å². The Bertz CT molecular complexity index is 265. The van der Waals surface area contributed by atoms with Crippen molar-refractivity contribution in [3.8, 4) is 0 Å². The highest BCUT2D eigenvalue weighted by Gasteiger charge is 2.11. The molecule has 0 aliphatic carbocycles. The summed E-state index contributed by atoms with van der Waals surface area (Å²) in [5.41, 5.74) is 0. The van der Waals surface area contributed by atoms with Crippen LogP contribution in [0.1, 0.15) is 25.1 Å². The van der Waals surface area contributed by atoms with E-state index in [0.29, 0.717) is 0 Å². The van der Waals surface area contributed by atoms with Crippen LogP contribution in [-0.2, 0) is 6.42 Å². The molecule has 1 fully saturated rings. The van der Waals surface area contributed by atoms with Crippen molar-refractivity contribution in [3.63, 3.8) is 0 Å². The SMILES string of the molecule is c1c[nH]c(CCCNCC2CCCNC2)n1. The minimum absolute atomic E-state index is 0.831. The van der Waals surface area contributed by atoms with Crippen LogP contribution < -0.4 is 10.6 Å². The summed E-state index contributed by atoms with van der Waals surface area (Å²) in [5, 5.41) is 6.98. The molecule has 1 aromatic rings. The van der Waals surface area contributed by atoms with Crippen molar-refractivity contribution in [3.05, 3.63) is 18.2 Å². The third-order valence-corrected chi connectivity index (χ3v) is 3.15. The van der Waals surface area contributed by atoms with Crippen molar-refractivity contribution in [2.45, 2.75) is 25.7 Å². The number of hydrogen-bond donors (Lipinski definition) is 3. The first-order valence-corrected chi connectivity index (χ1v) is 6.35. The maximum Gasteiger partial charge on any atom is 0.106 e. The van der Waals surface area contributed by atoms with Gasteiger partial charge in [0.25, 0.3) is 0 Å². The molecule has 16 heavy (non-hydrogen) atoms. The van der Waals surface area contributed by atoms with Gasteiger partial charge in [-0.2, -0.15) is 0 Å². The second-order valence-electron chi connectivity index (χ2n) is 4.56. The maximum absolute atomic E-state index is 4.21. The van der Waals surface area contributed by atoms with Crippen LogP contribution in [0.25, 0.3) is 0 Å². The molecule has 4 nitrogen and oxygen atoms in total. The van der Waals surface area contributed by atoms with E-state index in [4.69, 9.17) is 0 Å². The Balaban J connectivity index is 1.48. The Hall–Kier alpha value is -0.870. The highest BCUT2D eigenvalue weighted by molar-refractivity contribution is 4.86. The lowest BCUT2D eigenvalue weighted by molar-refractivity contribution is 0.360. The number of nitrogens with one attached hydrogen (secondary N) is 3. The Labute approximate surface area is 97.2 Å². The van der Waals surface area contributed by atoms with Gasteiger partial charge < -0.3 is 15.6 Å². The number of rotatable bonds is 6. The summed E-state index contributed by atoms with van der Waals surface area (Å²) in [6, 6.07) is 0. The van der Waals surface area contributed by atoms with E-state index in [-0.39, 0.29) is 0 Å². The van der Waals surface area contributed by atoms with Crippen LogP contribution in [0.15, 0.2) is 12.4 Å². The molecule has 0 saturated carbocycles. The molecule has 0 aromatic carbocycles. The number of aromatic nitrogens is 2. The average molecular weight is 222 g/mol. The zero-order valence-corrected chi connectivity index (χ0v) is 9.84. The van der Waals surface area contributed by atoms with Gasteiger partial charge in [0.1, 0.15) is 5.82 Å². The fourth-order valence-electron chi connectivity index (χ4n) is 2.22. The molecule has 90 valence electrons. The fourth-order valence-corrected chi connectivity index (χ4v) is 2.22. The molecule has 1 aliphatic rings. The zero-order chi connectivity index (χ0) is 11.1. The highest BCUT2D eigenvalue weighted by atomic mass is 14.9. The molecule has 1 aromatic heterocycles. The summed E-state index contributed by atoms with van der Waals surface area (Å²) in [7, 11) is 0. The van der Waals surface area contributed by atoms with Gasteiger partial charge in [-0.3, -0.25) is 0 Å². The second kappa shape index (κ2) is 6.66. The first-order chi connectivity index (χ1) is 7.95. The lowest BCUT2D eigenvalue weighted by atomic mass is 10.00. The topological polar surface area (TPSA) is 52.7 Å². The molecule has 0 spiro atoms. The van der Waals surface area contributed by atoms with E-state index < -0.39 is 0 Å². The summed E-state index contributed by atoms with van der Waals surface area (Å²) in [4.78, 5) is 7.34. The molecule has 0 amide bonds. The predicted molar refractivity (Wildman–Crippen MR) is 65.4 cm³/mol. The minimum Gasteiger partial charge on any atom is -0.349 e. The first-order valence-electron chi connectivity index (χ1n) is 6.35. The Morgan fingerprint density at radius 1 is 1.50 bits per heavy atom. The molecule has 1 aliphatic heterocycles. The smallest absolute Gasteiger partial charge is 0.106 e. The monoisotopic (exact) mass is 222 g/mol. The van der Waals surface area contributed by atoms with Crippen molar-refractivity contribution < 1.29 is 0 Å². The molecule has 1 saturated heterocycles. The average Bonchev–Trinajstić information content (AvgIpc) is 2.83. The van der Waals surface area contributed by atoms with Gasteiger partial charge in [-0.1, -0.05) is 0 Å². The number of nitrogens with zero attached hydrogens (tertiary/aromatic N) is 1. The van der Waals surface area contributed by atoms with Crippen LogP contribution in [0.3, 0.4) is 0 Å². The molecule has 4 heteroatoms.